The second kappa shape index (κ2) is 8.74. The molecule has 2 aliphatic heterocycles. The standard InChI is InChI=1S/C18H31N5O/c1-15(24)14-22-8-4-16(5-9-22)10-19-11-17-12-20-18(21-13-17)23-6-2-3-7-23/h12-13,15-16,19,24H,2-11,14H2,1H3. The van der Waals surface area contributed by atoms with E-state index in [1.807, 2.05) is 19.3 Å². The average molecular weight is 333 g/mol. The van der Waals surface area contributed by atoms with E-state index in [0.29, 0.717) is 0 Å². The van der Waals surface area contributed by atoms with E-state index in [-0.39, 0.29) is 6.10 Å². The van der Waals surface area contributed by atoms with E-state index in [2.05, 4.69) is 25.1 Å². The van der Waals surface area contributed by atoms with Crippen molar-refractivity contribution in [3.05, 3.63) is 18.0 Å². The third-order valence-corrected chi connectivity index (χ3v) is 5.07. The van der Waals surface area contributed by atoms with Gasteiger partial charge in [-0.05, 0) is 58.2 Å². The molecule has 3 rings (SSSR count). The Hall–Kier alpha value is -1.24. The zero-order valence-corrected chi connectivity index (χ0v) is 14.8. The maximum Gasteiger partial charge on any atom is 0.225 e. The lowest BCUT2D eigenvalue weighted by molar-refractivity contribution is 0.0998. The number of β-amino-alcohol motifs (C(OH)–C–C–N with tert-alkyl or cyclic N) is 1. The van der Waals surface area contributed by atoms with Gasteiger partial charge in [0.1, 0.15) is 0 Å². The maximum absolute atomic E-state index is 9.46. The van der Waals surface area contributed by atoms with Gasteiger partial charge in [0, 0.05) is 44.1 Å². The quantitative estimate of drug-likeness (QED) is 0.783. The molecule has 0 spiro atoms. The fraction of sp³-hybridized carbons (Fsp3) is 0.778. The number of rotatable bonds is 7. The first kappa shape index (κ1) is 17.6. The zero-order valence-electron chi connectivity index (χ0n) is 14.8. The van der Waals surface area contributed by atoms with E-state index < -0.39 is 0 Å². The molecule has 24 heavy (non-hydrogen) atoms. The monoisotopic (exact) mass is 333 g/mol. The van der Waals surface area contributed by atoms with Crippen LogP contribution in [-0.2, 0) is 6.54 Å². The SMILES string of the molecule is CC(O)CN1CCC(CNCc2cnc(N3CCCC3)nc2)CC1. The lowest BCUT2D eigenvalue weighted by Crippen LogP contribution is -2.40. The summed E-state index contributed by atoms with van der Waals surface area (Å²) in [5.41, 5.74) is 1.16. The minimum absolute atomic E-state index is 0.219. The summed E-state index contributed by atoms with van der Waals surface area (Å²) in [4.78, 5) is 13.6. The Balaban J connectivity index is 1.35. The van der Waals surface area contributed by atoms with Gasteiger partial charge in [-0.25, -0.2) is 9.97 Å². The second-order valence-electron chi connectivity index (χ2n) is 7.31. The number of aliphatic hydroxyl groups excluding tert-OH is 1. The molecule has 134 valence electrons. The van der Waals surface area contributed by atoms with Crippen molar-refractivity contribution >= 4 is 5.95 Å². The molecule has 2 aliphatic rings. The van der Waals surface area contributed by atoms with Crippen LogP contribution in [0.4, 0.5) is 5.95 Å². The molecule has 1 unspecified atom stereocenters. The molecule has 0 aromatic carbocycles. The van der Waals surface area contributed by atoms with Crippen LogP contribution in [0, 0.1) is 5.92 Å². The molecule has 2 fully saturated rings. The van der Waals surface area contributed by atoms with Crippen LogP contribution in [0.15, 0.2) is 12.4 Å². The van der Waals surface area contributed by atoms with E-state index in [1.54, 1.807) is 0 Å². The molecule has 2 saturated heterocycles. The first-order valence-electron chi connectivity index (χ1n) is 9.37. The number of nitrogens with zero attached hydrogens (tertiary/aromatic N) is 4. The molecule has 1 aromatic heterocycles. The van der Waals surface area contributed by atoms with Crippen LogP contribution in [0.3, 0.4) is 0 Å². The Labute approximate surface area is 145 Å². The van der Waals surface area contributed by atoms with Gasteiger partial charge >= 0.3 is 0 Å². The van der Waals surface area contributed by atoms with Gasteiger partial charge in [-0.3, -0.25) is 0 Å². The number of aromatic nitrogens is 2. The number of hydrogen-bond donors (Lipinski definition) is 2. The van der Waals surface area contributed by atoms with E-state index in [4.69, 9.17) is 0 Å². The second-order valence-corrected chi connectivity index (χ2v) is 7.31. The van der Waals surface area contributed by atoms with Crippen molar-refractivity contribution in [1.82, 2.24) is 20.2 Å². The summed E-state index contributed by atoms with van der Waals surface area (Å²) in [7, 11) is 0. The van der Waals surface area contributed by atoms with E-state index in [0.717, 1.165) is 63.2 Å². The number of likely N-dealkylation sites (tertiary alicyclic amines) is 1. The molecule has 2 N–H and O–H groups in total. The maximum atomic E-state index is 9.46. The summed E-state index contributed by atoms with van der Waals surface area (Å²) in [6.07, 6.45) is 8.63. The number of nitrogens with one attached hydrogen (secondary N) is 1. The Morgan fingerprint density at radius 1 is 1.17 bits per heavy atom. The van der Waals surface area contributed by atoms with Crippen LogP contribution in [0.1, 0.15) is 38.2 Å². The molecule has 1 atom stereocenters. The van der Waals surface area contributed by atoms with Crippen LogP contribution in [0.5, 0.6) is 0 Å². The van der Waals surface area contributed by atoms with Gasteiger partial charge in [0.25, 0.3) is 0 Å². The van der Waals surface area contributed by atoms with Crippen LogP contribution < -0.4 is 10.2 Å². The molecule has 6 nitrogen and oxygen atoms in total. The van der Waals surface area contributed by atoms with Crippen LogP contribution in [-0.4, -0.2) is 65.3 Å². The molecular formula is C18H31N5O. The van der Waals surface area contributed by atoms with Crippen molar-refractivity contribution in [3.8, 4) is 0 Å². The lowest BCUT2D eigenvalue weighted by atomic mass is 9.96. The first-order chi connectivity index (χ1) is 11.7. The highest BCUT2D eigenvalue weighted by Crippen LogP contribution is 2.17. The summed E-state index contributed by atoms with van der Waals surface area (Å²) in [5, 5.41) is 13.0. The van der Waals surface area contributed by atoms with Crippen molar-refractivity contribution in [2.75, 3.05) is 44.2 Å². The Morgan fingerprint density at radius 2 is 1.83 bits per heavy atom. The van der Waals surface area contributed by atoms with Gasteiger partial charge in [0.2, 0.25) is 5.95 Å². The van der Waals surface area contributed by atoms with Crippen molar-refractivity contribution in [1.29, 1.82) is 0 Å². The van der Waals surface area contributed by atoms with Crippen LogP contribution in [0.25, 0.3) is 0 Å². The van der Waals surface area contributed by atoms with Gasteiger partial charge in [0.05, 0.1) is 6.10 Å². The summed E-state index contributed by atoms with van der Waals surface area (Å²) >= 11 is 0. The van der Waals surface area contributed by atoms with Crippen molar-refractivity contribution in [2.45, 2.75) is 45.3 Å². The van der Waals surface area contributed by atoms with Gasteiger partial charge in [-0.1, -0.05) is 0 Å². The highest BCUT2D eigenvalue weighted by Gasteiger charge is 2.19. The number of hydrogen-bond acceptors (Lipinski definition) is 6. The minimum Gasteiger partial charge on any atom is -0.392 e. The molecule has 0 saturated carbocycles. The fourth-order valence-electron chi connectivity index (χ4n) is 3.69. The fourth-order valence-corrected chi connectivity index (χ4v) is 3.69. The van der Waals surface area contributed by atoms with Crippen molar-refractivity contribution < 1.29 is 5.11 Å². The molecular weight excluding hydrogens is 302 g/mol. The van der Waals surface area contributed by atoms with Gasteiger partial charge in [-0.15, -0.1) is 0 Å². The molecule has 6 heteroatoms. The van der Waals surface area contributed by atoms with Gasteiger partial charge < -0.3 is 20.2 Å². The summed E-state index contributed by atoms with van der Waals surface area (Å²) in [6, 6.07) is 0. The molecule has 0 radical (unpaired) electrons. The Bertz CT molecular complexity index is 479. The predicted octanol–water partition coefficient (Wildman–Crippen LogP) is 1.26. The number of piperidine rings is 1. The van der Waals surface area contributed by atoms with Crippen LogP contribution in [0.2, 0.25) is 0 Å². The average Bonchev–Trinajstić information content (AvgIpc) is 3.11. The third-order valence-electron chi connectivity index (χ3n) is 5.07. The topological polar surface area (TPSA) is 64.5 Å². The molecule has 0 bridgehead atoms. The first-order valence-corrected chi connectivity index (χ1v) is 9.37. The Kier molecular flexibility index (Phi) is 6.40. The molecule has 0 amide bonds. The molecule has 1 aromatic rings. The number of aliphatic hydroxyl groups is 1. The molecule has 0 aliphatic carbocycles. The highest BCUT2D eigenvalue weighted by atomic mass is 16.3. The largest absolute Gasteiger partial charge is 0.392 e. The third kappa shape index (κ3) is 5.13. The normalized spacial score (nSPS) is 21.3. The summed E-state index contributed by atoms with van der Waals surface area (Å²) < 4.78 is 0. The number of anilines is 1. The van der Waals surface area contributed by atoms with Crippen molar-refractivity contribution in [3.63, 3.8) is 0 Å². The van der Waals surface area contributed by atoms with E-state index in [9.17, 15) is 5.11 Å². The van der Waals surface area contributed by atoms with Crippen molar-refractivity contribution in [2.24, 2.45) is 5.92 Å². The Morgan fingerprint density at radius 3 is 2.46 bits per heavy atom. The predicted molar refractivity (Wildman–Crippen MR) is 96.0 cm³/mol. The highest BCUT2D eigenvalue weighted by molar-refractivity contribution is 5.30. The van der Waals surface area contributed by atoms with E-state index >= 15 is 0 Å². The summed E-state index contributed by atoms with van der Waals surface area (Å²) in [6.45, 7) is 8.95. The van der Waals surface area contributed by atoms with E-state index in [1.165, 1.54) is 25.7 Å². The smallest absolute Gasteiger partial charge is 0.225 e. The molecule has 3 heterocycles. The lowest BCUT2D eigenvalue weighted by Gasteiger charge is -2.32. The zero-order chi connectivity index (χ0) is 16.8. The minimum atomic E-state index is -0.219. The van der Waals surface area contributed by atoms with Gasteiger partial charge in [0.15, 0.2) is 0 Å². The van der Waals surface area contributed by atoms with Crippen LogP contribution >= 0.6 is 0 Å². The van der Waals surface area contributed by atoms with Gasteiger partial charge in [-0.2, -0.15) is 0 Å². The summed E-state index contributed by atoms with van der Waals surface area (Å²) in [5.74, 6) is 1.61.